The molecule has 2 heterocycles. The molecule has 0 atom stereocenters. The first-order chi connectivity index (χ1) is 8.47. The fourth-order valence-corrected chi connectivity index (χ4v) is 2.01. The topological polar surface area (TPSA) is 58.4 Å². The van der Waals surface area contributed by atoms with Gasteiger partial charge in [0.05, 0.1) is 11.4 Å². The first-order valence-electron chi connectivity index (χ1n) is 5.69. The van der Waals surface area contributed by atoms with Crippen molar-refractivity contribution < 1.29 is 4.79 Å². The molecule has 2 aromatic heterocycles. The number of carbonyl (C=O) groups is 1. The molecule has 96 valence electrons. The maximum Gasteiger partial charge on any atom is 0.319 e. The van der Waals surface area contributed by atoms with Crippen LogP contribution in [0, 0.1) is 6.92 Å². The van der Waals surface area contributed by atoms with Crippen molar-refractivity contribution in [3.63, 3.8) is 0 Å². The highest BCUT2D eigenvalue weighted by molar-refractivity contribution is 9.10. The minimum absolute atomic E-state index is 0.107. The third kappa shape index (κ3) is 2.64. The average molecular weight is 311 g/mol. The monoisotopic (exact) mass is 310 g/mol. The molecule has 0 aliphatic carbocycles. The van der Waals surface area contributed by atoms with Crippen LogP contribution in [-0.2, 0) is 0 Å². The van der Waals surface area contributed by atoms with Crippen molar-refractivity contribution in [2.24, 2.45) is 0 Å². The Balaban J connectivity index is 2.24. The number of pyridine rings is 1. The number of carbonyl (C=O) groups excluding carboxylic acids is 1. The summed E-state index contributed by atoms with van der Waals surface area (Å²) in [5.74, 6) is 0. The van der Waals surface area contributed by atoms with Gasteiger partial charge < -0.3 is 10.6 Å². The highest BCUT2D eigenvalue weighted by atomic mass is 79.9. The summed E-state index contributed by atoms with van der Waals surface area (Å²) in [7, 11) is 0. The van der Waals surface area contributed by atoms with Crippen molar-refractivity contribution in [2.75, 3.05) is 5.32 Å². The third-order valence-corrected chi connectivity index (χ3v) is 3.35. The minimum atomic E-state index is -0.211. The van der Waals surface area contributed by atoms with E-state index in [1.165, 1.54) is 0 Å². The van der Waals surface area contributed by atoms with E-state index in [-0.39, 0.29) is 12.1 Å². The van der Waals surface area contributed by atoms with Gasteiger partial charge >= 0.3 is 6.03 Å². The molecule has 2 N–H and O–H groups in total. The van der Waals surface area contributed by atoms with E-state index in [0.29, 0.717) is 0 Å². The molecule has 0 aliphatic heterocycles. The number of hydrogen-bond acceptors (Lipinski definition) is 2. The van der Waals surface area contributed by atoms with Gasteiger partial charge in [-0.05, 0) is 48.8 Å². The highest BCUT2D eigenvalue weighted by Gasteiger charge is 2.08. The number of aromatic nitrogens is 2. The Morgan fingerprint density at radius 2 is 2.17 bits per heavy atom. The molecule has 0 unspecified atom stereocenters. The molecule has 18 heavy (non-hydrogen) atoms. The number of aryl methyl sites for hydroxylation is 1. The summed E-state index contributed by atoms with van der Waals surface area (Å²) in [5.41, 5.74) is 2.48. The number of anilines is 1. The standard InChI is InChI=1S/C12H15BrN4O/c1-7(2)14-12(18)16-9-4-5-10-15-8(3)11(13)17(10)6-9/h4-7H,1-3H3,(H2,14,16,18). The van der Waals surface area contributed by atoms with Crippen LogP contribution in [0.1, 0.15) is 19.5 Å². The Kier molecular flexibility index (Phi) is 3.56. The van der Waals surface area contributed by atoms with Crippen LogP contribution in [0.15, 0.2) is 22.9 Å². The second-order valence-electron chi connectivity index (χ2n) is 4.39. The van der Waals surface area contributed by atoms with Gasteiger partial charge in [-0.15, -0.1) is 0 Å². The molecule has 0 spiro atoms. The molecule has 0 fully saturated rings. The summed E-state index contributed by atoms with van der Waals surface area (Å²) in [6.45, 7) is 5.76. The van der Waals surface area contributed by atoms with Crippen LogP contribution < -0.4 is 10.6 Å². The van der Waals surface area contributed by atoms with E-state index < -0.39 is 0 Å². The second kappa shape index (κ2) is 4.97. The van der Waals surface area contributed by atoms with E-state index in [9.17, 15) is 4.79 Å². The summed E-state index contributed by atoms with van der Waals surface area (Å²) in [4.78, 5) is 16.0. The lowest BCUT2D eigenvalue weighted by Gasteiger charge is -2.10. The summed E-state index contributed by atoms with van der Waals surface area (Å²) >= 11 is 3.46. The molecular formula is C12H15BrN4O. The van der Waals surface area contributed by atoms with E-state index >= 15 is 0 Å². The Morgan fingerprint density at radius 3 is 2.83 bits per heavy atom. The first-order valence-corrected chi connectivity index (χ1v) is 6.48. The number of imidazole rings is 1. The Hall–Kier alpha value is -1.56. The van der Waals surface area contributed by atoms with Crippen molar-refractivity contribution in [1.29, 1.82) is 0 Å². The largest absolute Gasteiger partial charge is 0.336 e. The van der Waals surface area contributed by atoms with Crippen LogP contribution in [0.3, 0.4) is 0 Å². The molecule has 6 heteroatoms. The van der Waals surface area contributed by atoms with Gasteiger partial charge in [0.1, 0.15) is 10.3 Å². The number of rotatable bonds is 2. The van der Waals surface area contributed by atoms with Gasteiger partial charge in [-0.2, -0.15) is 0 Å². The zero-order valence-electron chi connectivity index (χ0n) is 10.5. The van der Waals surface area contributed by atoms with Crippen molar-refractivity contribution in [2.45, 2.75) is 26.8 Å². The van der Waals surface area contributed by atoms with E-state index in [2.05, 4.69) is 31.5 Å². The number of amides is 2. The summed E-state index contributed by atoms with van der Waals surface area (Å²) < 4.78 is 2.78. The molecule has 0 bridgehead atoms. The van der Waals surface area contributed by atoms with Crippen molar-refractivity contribution >= 4 is 33.3 Å². The maximum atomic E-state index is 11.6. The van der Waals surface area contributed by atoms with Gasteiger partial charge in [-0.1, -0.05) is 0 Å². The fraction of sp³-hybridized carbons (Fsp3) is 0.333. The molecule has 0 radical (unpaired) electrons. The lowest BCUT2D eigenvalue weighted by molar-refractivity contribution is 0.250. The normalized spacial score (nSPS) is 10.9. The predicted molar refractivity (Wildman–Crippen MR) is 74.9 cm³/mol. The third-order valence-electron chi connectivity index (χ3n) is 2.40. The van der Waals surface area contributed by atoms with Crippen LogP contribution in [-0.4, -0.2) is 21.5 Å². The smallest absolute Gasteiger partial charge is 0.319 e. The zero-order chi connectivity index (χ0) is 13.3. The quantitative estimate of drug-likeness (QED) is 0.896. The van der Waals surface area contributed by atoms with Gasteiger partial charge in [0.2, 0.25) is 0 Å². The van der Waals surface area contributed by atoms with E-state index in [1.54, 1.807) is 0 Å². The summed E-state index contributed by atoms with van der Waals surface area (Å²) in [6.07, 6.45) is 1.83. The molecule has 0 saturated heterocycles. The Morgan fingerprint density at radius 1 is 1.44 bits per heavy atom. The van der Waals surface area contributed by atoms with Gasteiger partial charge in [-0.25, -0.2) is 9.78 Å². The molecule has 2 aromatic rings. The number of nitrogens with zero attached hydrogens (tertiary/aromatic N) is 2. The zero-order valence-corrected chi connectivity index (χ0v) is 12.1. The van der Waals surface area contributed by atoms with Crippen LogP contribution >= 0.6 is 15.9 Å². The number of hydrogen-bond donors (Lipinski definition) is 2. The Bertz CT molecular complexity index is 591. The van der Waals surface area contributed by atoms with Gasteiger partial charge in [-0.3, -0.25) is 4.40 Å². The lowest BCUT2D eigenvalue weighted by atomic mass is 10.4. The van der Waals surface area contributed by atoms with Gasteiger partial charge in [0, 0.05) is 12.2 Å². The summed E-state index contributed by atoms with van der Waals surface area (Å²) in [5, 5.41) is 5.55. The molecule has 0 saturated carbocycles. The summed E-state index contributed by atoms with van der Waals surface area (Å²) in [6, 6.07) is 3.59. The molecular weight excluding hydrogens is 296 g/mol. The van der Waals surface area contributed by atoms with Crippen molar-refractivity contribution in [3.8, 4) is 0 Å². The fourth-order valence-electron chi connectivity index (χ4n) is 1.64. The number of urea groups is 1. The first kappa shape index (κ1) is 12.9. The molecule has 2 rings (SSSR count). The lowest BCUT2D eigenvalue weighted by Crippen LogP contribution is -2.34. The highest BCUT2D eigenvalue weighted by Crippen LogP contribution is 2.20. The van der Waals surface area contributed by atoms with Crippen LogP contribution in [0.5, 0.6) is 0 Å². The van der Waals surface area contributed by atoms with Crippen molar-refractivity contribution in [3.05, 3.63) is 28.6 Å². The van der Waals surface area contributed by atoms with Crippen LogP contribution in [0.4, 0.5) is 10.5 Å². The van der Waals surface area contributed by atoms with Crippen LogP contribution in [0.25, 0.3) is 5.65 Å². The van der Waals surface area contributed by atoms with Gasteiger partial charge in [0.25, 0.3) is 0 Å². The molecule has 0 aliphatic rings. The molecule has 2 amide bonds. The number of halogens is 1. The second-order valence-corrected chi connectivity index (χ2v) is 5.14. The molecule has 5 nitrogen and oxygen atoms in total. The average Bonchev–Trinajstić information content (AvgIpc) is 2.54. The SMILES string of the molecule is Cc1nc2ccc(NC(=O)NC(C)C)cn2c1Br. The van der Waals surface area contributed by atoms with E-state index in [4.69, 9.17) is 0 Å². The molecule has 0 aromatic carbocycles. The van der Waals surface area contributed by atoms with E-state index in [1.807, 2.05) is 43.5 Å². The Labute approximate surface area is 114 Å². The maximum absolute atomic E-state index is 11.6. The van der Waals surface area contributed by atoms with Crippen LogP contribution in [0.2, 0.25) is 0 Å². The van der Waals surface area contributed by atoms with Gasteiger partial charge in [0.15, 0.2) is 0 Å². The van der Waals surface area contributed by atoms with E-state index in [0.717, 1.165) is 21.6 Å². The minimum Gasteiger partial charge on any atom is -0.336 e. The predicted octanol–water partition coefficient (Wildman–Crippen LogP) is 2.94. The number of fused-ring (bicyclic) bond motifs is 1. The van der Waals surface area contributed by atoms with Crippen molar-refractivity contribution in [1.82, 2.24) is 14.7 Å². The number of nitrogens with one attached hydrogen (secondary N) is 2.